The predicted molar refractivity (Wildman–Crippen MR) is 130 cm³/mol. The molecule has 0 radical (unpaired) electrons. The first-order valence-electron chi connectivity index (χ1n) is 11.2. The van der Waals surface area contributed by atoms with Crippen LogP contribution in [-0.2, 0) is 9.53 Å². The maximum absolute atomic E-state index is 13.4. The van der Waals surface area contributed by atoms with Gasteiger partial charge in [-0.15, -0.1) is 0 Å². The number of esters is 1. The van der Waals surface area contributed by atoms with Crippen molar-refractivity contribution in [3.63, 3.8) is 0 Å². The zero-order chi connectivity index (χ0) is 22.8. The Morgan fingerprint density at radius 3 is 2.58 bits per heavy atom. The molecule has 0 saturated carbocycles. The molecule has 5 nitrogen and oxygen atoms in total. The Hall–Kier alpha value is -3.51. The third-order valence-corrected chi connectivity index (χ3v) is 6.91. The van der Waals surface area contributed by atoms with Crippen molar-refractivity contribution in [2.24, 2.45) is 4.99 Å². The van der Waals surface area contributed by atoms with Gasteiger partial charge in [-0.3, -0.25) is 9.36 Å². The van der Waals surface area contributed by atoms with Gasteiger partial charge in [0.1, 0.15) is 4.53 Å². The van der Waals surface area contributed by atoms with E-state index in [1.807, 2.05) is 36.4 Å². The highest BCUT2D eigenvalue weighted by atomic mass is 32.1. The molecule has 33 heavy (non-hydrogen) atoms. The smallest absolute Gasteiger partial charge is 0.332 e. The molecule has 2 heterocycles. The first-order valence-corrected chi connectivity index (χ1v) is 12.0. The van der Waals surface area contributed by atoms with Crippen LogP contribution in [0.3, 0.4) is 0 Å². The Bertz CT molecular complexity index is 1430. The highest BCUT2D eigenvalue weighted by molar-refractivity contribution is 7.07. The van der Waals surface area contributed by atoms with Gasteiger partial charge in [0.15, 0.2) is 4.80 Å². The zero-order valence-electron chi connectivity index (χ0n) is 18.4. The zero-order valence-corrected chi connectivity index (χ0v) is 19.2. The molecule has 1 aromatic heterocycles. The number of allylic oxidation sites excluding steroid dienone is 2. The largest absolute Gasteiger partial charge is 0.463 e. The van der Waals surface area contributed by atoms with Crippen molar-refractivity contribution in [3.05, 3.63) is 108 Å². The van der Waals surface area contributed by atoms with Gasteiger partial charge in [0, 0.05) is 6.08 Å². The monoisotopic (exact) mass is 456 g/mol. The van der Waals surface area contributed by atoms with Gasteiger partial charge in [-0.25, -0.2) is 9.79 Å². The van der Waals surface area contributed by atoms with E-state index in [1.54, 1.807) is 11.5 Å². The first-order chi connectivity index (χ1) is 16.2. The van der Waals surface area contributed by atoms with E-state index in [0.717, 1.165) is 41.7 Å². The van der Waals surface area contributed by atoms with Crippen molar-refractivity contribution in [1.29, 1.82) is 0 Å². The first kappa shape index (κ1) is 21.3. The Morgan fingerprint density at radius 2 is 1.85 bits per heavy atom. The van der Waals surface area contributed by atoms with Crippen LogP contribution in [0.1, 0.15) is 43.4 Å². The maximum atomic E-state index is 13.4. The van der Waals surface area contributed by atoms with E-state index < -0.39 is 5.97 Å². The van der Waals surface area contributed by atoms with Crippen LogP contribution in [0, 0.1) is 0 Å². The van der Waals surface area contributed by atoms with E-state index in [2.05, 4.69) is 30.3 Å². The summed E-state index contributed by atoms with van der Waals surface area (Å²) in [4.78, 5) is 31.1. The van der Waals surface area contributed by atoms with Crippen LogP contribution in [0.2, 0.25) is 0 Å². The minimum Gasteiger partial charge on any atom is -0.463 e. The minimum absolute atomic E-state index is 0.202. The van der Waals surface area contributed by atoms with Crippen molar-refractivity contribution in [2.75, 3.05) is 6.61 Å². The SMILES string of the molecule is CCOC(=O)C=c1sc2n(c1=O)C(c1ccccc1)C1=C(N=2)C(=Cc2ccccc2)CCC1. The molecule has 1 unspecified atom stereocenters. The molecule has 0 N–H and O–H groups in total. The number of rotatable bonds is 4. The standard InChI is InChI=1S/C27H24N2O3S/c1-2-32-23(30)17-22-26(31)29-25(19-12-7-4-8-13-19)21-15-9-14-20(24(21)28-27(29)33-22)16-18-10-5-3-6-11-18/h3-8,10-13,16-17,25H,2,9,14-15H2,1H3. The summed E-state index contributed by atoms with van der Waals surface area (Å²) in [5.74, 6) is -0.507. The Morgan fingerprint density at radius 1 is 1.12 bits per heavy atom. The number of carbonyl (C=O) groups excluding carboxylic acids is 1. The van der Waals surface area contributed by atoms with Crippen molar-refractivity contribution >= 4 is 29.5 Å². The molecule has 2 aromatic carbocycles. The molecule has 5 rings (SSSR count). The summed E-state index contributed by atoms with van der Waals surface area (Å²) in [5.41, 5.74) is 5.30. The fraction of sp³-hybridized carbons (Fsp3) is 0.222. The topological polar surface area (TPSA) is 60.7 Å². The fourth-order valence-electron chi connectivity index (χ4n) is 4.53. The van der Waals surface area contributed by atoms with E-state index in [-0.39, 0.29) is 18.2 Å². The van der Waals surface area contributed by atoms with Gasteiger partial charge in [-0.1, -0.05) is 72.0 Å². The summed E-state index contributed by atoms with van der Waals surface area (Å²) in [7, 11) is 0. The predicted octanol–water partition coefficient (Wildman–Crippen LogP) is 4.00. The van der Waals surface area contributed by atoms with Crippen molar-refractivity contribution in [3.8, 4) is 0 Å². The molecule has 1 aliphatic carbocycles. The Labute approximate surface area is 195 Å². The van der Waals surface area contributed by atoms with Crippen LogP contribution in [0.4, 0.5) is 0 Å². The Balaban J connectivity index is 1.74. The summed E-state index contributed by atoms with van der Waals surface area (Å²) >= 11 is 1.24. The van der Waals surface area contributed by atoms with Crippen LogP contribution in [0.5, 0.6) is 0 Å². The highest BCUT2D eigenvalue weighted by Crippen LogP contribution is 2.40. The van der Waals surface area contributed by atoms with E-state index in [1.165, 1.54) is 23.0 Å². The quantitative estimate of drug-likeness (QED) is 0.558. The van der Waals surface area contributed by atoms with E-state index in [0.29, 0.717) is 9.33 Å². The van der Waals surface area contributed by atoms with E-state index in [4.69, 9.17) is 9.73 Å². The second-order valence-corrected chi connectivity index (χ2v) is 9.06. The minimum atomic E-state index is -0.507. The van der Waals surface area contributed by atoms with Gasteiger partial charge in [0.05, 0.1) is 18.3 Å². The molecule has 0 saturated heterocycles. The van der Waals surface area contributed by atoms with Crippen LogP contribution < -0.4 is 14.9 Å². The number of carbonyl (C=O) groups is 1. The summed E-state index contributed by atoms with van der Waals surface area (Å²) < 4.78 is 7.13. The number of ether oxygens (including phenoxy) is 1. The number of fused-ring (bicyclic) bond motifs is 1. The maximum Gasteiger partial charge on any atom is 0.332 e. The third-order valence-electron chi connectivity index (χ3n) is 5.92. The number of hydrogen-bond acceptors (Lipinski definition) is 5. The second-order valence-electron chi connectivity index (χ2n) is 8.05. The number of aromatic nitrogens is 1. The van der Waals surface area contributed by atoms with Crippen LogP contribution >= 0.6 is 11.3 Å². The fourth-order valence-corrected chi connectivity index (χ4v) is 5.49. The summed E-state index contributed by atoms with van der Waals surface area (Å²) in [6.07, 6.45) is 6.32. The van der Waals surface area contributed by atoms with Crippen molar-refractivity contribution in [2.45, 2.75) is 32.2 Å². The second kappa shape index (κ2) is 9.16. The molecule has 3 aromatic rings. The van der Waals surface area contributed by atoms with Gasteiger partial charge in [-0.05, 0) is 54.5 Å². The molecule has 0 spiro atoms. The molecule has 0 amide bonds. The molecule has 0 fully saturated rings. The molecular formula is C27H24N2O3S. The number of benzene rings is 2. The average Bonchev–Trinajstić information content (AvgIpc) is 3.14. The summed E-state index contributed by atoms with van der Waals surface area (Å²) in [5, 5.41) is 0. The lowest BCUT2D eigenvalue weighted by molar-refractivity contribution is -0.135. The van der Waals surface area contributed by atoms with Gasteiger partial charge >= 0.3 is 5.97 Å². The highest BCUT2D eigenvalue weighted by Gasteiger charge is 2.32. The molecule has 166 valence electrons. The van der Waals surface area contributed by atoms with E-state index in [9.17, 15) is 9.59 Å². The summed E-state index contributed by atoms with van der Waals surface area (Å²) in [6, 6.07) is 20.1. The molecular weight excluding hydrogens is 432 g/mol. The van der Waals surface area contributed by atoms with Crippen LogP contribution in [0.15, 0.2) is 87.3 Å². The van der Waals surface area contributed by atoms with Gasteiger partial charge in [0.2, 0.25) is 0 Å². The van der Waals surface area contributed by atoms with Gasteiger partial charge in [0.25, 0.3) is 5.56 Å². The molecule has 2 aliphatic rings. The lowest BCUT2D eigenvalue weighted by atomic mass is 9.84. The molecule has 6 heteroatoms. The number of hydrogen-bond donors (Lipinski definition) is 0. The molecule has 0 bridgehead atoms. The van der Waals surface area contributed by atoms with Gasteiger partial charge < -0.3 is 4.74 Å². The third kappa shape index (κ3) is 4.14. The lowest BCUT2D eigenvalue weighted by Gasteiger charge is -2.31. The van der Waals surface area contributed by atoms with Crippen molar-refractivity contribution < 1.29 is 9.53 Å². The average molecular weight is 457 g/mol. The van der Waals surface area contributed by atoms with Gasteiger partial charge in [-0.2, -0.15) is 0 Å². The molecule has 1 aliphatic heterocycles. The van der Waals surface area contributed by atoms with E-state index >= 15 is 0 Å². The molecule has 1 atom stereocenters. The lowest BCUT2D eigenvalue weighted by Crippen LogP contribution is -2.39. The Kier molecular flexibility index (Phi) is 5.92. The normalized spacial score (nSPS) is 19.1. The van der Waals surface area contributed by atoms with Crippen LogP contribution in [-0.4, -0.2) is 17.1 Å². The number of nitrogens with zero attached hydrogens (tertiary/aromatic N) is 2. The number of thiazole rings is 1. The van der Waals surface area contributed by atoms with Crippen LogP contribution in [0.25, 0.3) is 12.2 Å². The van der Waals surface area contributed by atoms with Crippen molar-refractivity contribution in [1.82, 2.24) is 4.57 Å². The summed E-state index contributed by atoms with van der Waals surface area (Å²) in [6.45, 7) is 2.01.